The van der Waals surface area contributed by atoms with Gasteiger partial charge < -0.3 is 42.1 Å². The van der Waals surface area contributed by atoms with Crippen molar-refractivity contribution in [2.75, 3.05) is 13.1 Å². The first kappa shape index (κ1) is 45.3. The number of fused-ring (bicyclic) bond motifs is 2. The molecule has 60 heavy (non-hydrogen) atoms. The van der Waals surface area contributed by atoms with Crippen LogP contribution in [0.4, 0.5) is 0 Å². The maximum Gasteiger partial charge on any atom is 0.246 e. The molecule has 0 bridgehead atoms. The van der Waals surface area contributed by atoms with Crippen molar-refractivity contribution in [2.24, 2.45) is 17.6 Å². The van der Waals surface area contributed by atoms with Gasteiger partial charge in [0, 0.05) is 25.9 Å². The summed E-state index contributed by atoms with van der Waals surface area (Å²) in [5.41, 5.74) is 7.04. The number of nitrogens with zero attached hydrogens (tertiary/aromatic N) is 2. The SMILES string of the molecule is CC[C@H](C)[C@@H]1NC(=O)[C@@H]2CCCN2C(=O)[C@H](Cc2ccccc2)NC(=O)[C@H](CC(N)=O)NC(=O)[C@H]([C@@H](C)CC)NC(=O)[C@@H]2CCCN2C(=O)[C@H](Cc2ccccc2)NC1=O. The summed E-state index contributed by atoms with van der Waals surface area (Å²) >= 11 is 0. The highest BCUT2D eigenvalue weighted by Crippen LogP contribution is 2.24. The third-order valence-corrected chi connectivity index (χ3v) is 12.1. The van der Waals surface area contributed by atoms with Crippen molar-refractivity contribution in [2.45, 2.75) is 128 Å². The number of amides is 8. The number of nitrogens with two attached hydrogens (primary N) is 1. The summed E-state index contributed by atoms with van der Waals surface area (Å²) in [5.74, 6) is -6.14. The standard InChI is InChI=1S/C44H60N8O8/c1-5-26(3)36-41(57)46-30(25-35(45)53)38(54)47-31(23-28-15-9-7-10-16-28)43(59)51-21-13-19-33(51)40(56)50-37(27(4)6-2)42(58)48-32(24-29-17-11-8-12-18-29)44(60)52-22-14-20-34(52)39(55)49-36/h7-12,15-18,26-27,30-34,36-37H,5-6,13-14,19-25H2,1-4H3,(H2,45,53)(H,46,57)(H,47,54)(H,48,58)(H,49,55)(H,50,56)/t26-,27-,30-,31-,32-,33-,34-,36-,37-/m0/s1. The van der Waals surface area contributed by atoms with Gasteiger partial charge in [0.05, 0.1) is 6.42 Å². The Morgan fingerprint density at radius 1 is 0.583 bits per heavy atom. The fourth-order valence-corrected chi connectivity index (χ4v) is 8.21. The maximum atomic E-state index is 14.5. The second-order valence-corrected chi connectivity index (χ2v) is 16.4. The molecular formula is C44H60N8O8. The van der Waals surface area contributed by atoms with Crippen LogP contribution in [-0.4, -0.2) is 112 Å². The van der Waals surface area contributed by atoms with Gasteiger partial charge in [0.2, 0.25) is 47.3 Å². The molecule has 7 N–H and O–H groups in total. The molecule has 0 aliphatic carbocycles. The van der Waals surface area contributed by atoms with Crippen LogP contribution in [0, 0.1) is 11.8 Å². The lowest BCUT2D eigenvalue weighted by Gasteiger charge is -2.33. The summed E-state index contributed by atoms with van der Waals surface area (Å²) in [4.78, 5) is 115. The first-order chi connectivity index (χ1) is 28.7. The van der Waals surface area contributed by atoms with Crippen LogP contribution in [0.1, 0.15) is 83.8 Å². The van der Waals surface area contributed by atoms with Gasteiger partial charge in [-0.15, -0.1) is 0 Å². The minimum absolute atomic E-state index is 0.0195. The average molecular weight is 829 g/mol. The summed E-state index contributed by atoms with van der Waals surface area (Å²) in [6, 6.07) is 9.98. The quantitative estimate of drug-likeness (QED) is 0.201. The van der Waals surface area contributed by atoms with Crippen LogP contribution in [0.2, 0.25) is 0 Å². The van der Waals surface area contributed by atoms with Gasteiger partial charge in [0.1, 0.15) is 42.3 Å². The summed E-state index contributed by atoms with van der Waals surface area (Å²) in [5, 5.41) is 14.0. The average Bonchev–Trinajstić information content (AvgIpc) is 3.94. The predicted molar refractivity (Wildman–Crippen MR) is 222 cm³/mol. The Morgan fingerprint density at radius 3 is 1.35 bits per heavy atom. The van der Waals surface area contributed by atoms with Gasteiger partial charge in [-0.1, -0.05) is 101 Å². The summed E-state index contributed by atoms with van der Waals surface area (Å²) in [6.07, 6.45) is 2.01. The molecule has 3 aliphatic heterocycles. The molecule has 16 nitrogen and oxygen atoms in total. The molecule has 16 heteroatoms. The molecule has 0 spiro atoms. The number of nitrogens with one attached hydrogen (secondary N) is 5. The first-order valence-corrected chi connectivity index (χ1v) is 21.2. The normalized spacial score (nSPS) is 27.3. The molecule has 0 saturated carbocycles. The lowest BCUT2D eigenvalue weighted by molar-refractivity contribution is -0.143. The minimum Gasteiger partial charge on any atom is -0.370 e. The highest BCUT2D eigenvalue weighted by Gasteiger charge is 2.43. The fraction of sp³-hybridized carbons (Fsp3) is 0.545. The fourth-order valence-electron chi connectivity index (χ4n) is 8.21. The molecule has 5 rings (SSSR count). The number of benzene rings is 2. The topological polar surface area (TPSA) is 229 Å². The van der Waals surface area contributed by atoms with E-state index in [4.69, 9.17) is 5.73 Å². The molecule has 9 atom stereocenters. The number of primary amides is 1. The zero-order valence-corrected chi connectivity index (χ0v) is 35.0. The van der Waals surface area contributed by atoms with E-state index >= 15 is 0 Å². The van der Waals surface area contributed by atoms with Crippen molar-refractivity contribution >= 4 is 47.3 Å². The van der Waals surface area contributed by atoms with E-state index in [0.29, 0.717) is 44.1 Å². The third-order valence-electron chi connectivity index (χ3n) is 12.1. The van der Waals surface area contributed by atoms with E-state index in [1.807, 2.05) is 51.1 Å². The molecule has 8 amide bonds. The van der Waals surface area contributed by atoms with Crippen molar-refractivity contribution in [3.63, 3.8) is 0 Å². The first-order valence-electron chi connectivity index (χ1n) is 21.2. The molecule has 3 saturated heterocycles. The van der Waals surface area contributed by atoms with E-state index in [0.717, 1.165) is 5.56 Å². The Labute approximate surface area is 351 Å². The number of carbonyl (C=O) groups excluding carboxylic acids is 8. The van der Waals surface area contributed by atoms with Crippen LogP contribution in [-0.2, 0) is 51.2 Å². The molecule has 2 aromatic rings. The van der Waals surface area contributed by atoms with Crippen LogP contribution >= 0.6 is 0 Å². The second-order valence-electron chi connectivity index (χ2n) is 16.4. The summed E-state index contributed by atoms with van der Waals surface area (Å²) in [7, 11) is 0. The lowest BCUT2D eigenvalue weighted by Crippen LogP contribution is -2.61. The van der Waals surface area contributed by atoms with E-state index in [-0.39, 0.29) is 31.8 Å². The van der Waals surface area contributed by atoms with E-state index in [2.05, 4.69) is 26.6 Å². The number of hydrogen-bond acceptors (Lipinski definition) is 8. The van der Waals surface area contributed by atoms with Crippen LogP contribution in [0.25, 0.3) is 0 Å². The van der Waals surface area contributed by atoms with Gasteiger partial charge in [0.25, 0.3) is 0 Å². The molecule has 324 valence electrons. The second kappa shape index (κ2) is 20.9. The van der Waals surface area contributed by atoms with E-state index in [1.54, 1.807) is 37.3 Å². The smallest absolute Gasteiger partial charge is 0.246 e. The molecule has 3 aliphatic rings. The maximum absolute atomic E-state index is 14.5. The number of carbonyl (C=O) groups is 8. The van der Waals surface area contributed by atoms with Crippen LogP contribution < -0.4 is 32.3 Å². The molecule has 2 aromatic carbocycles. The zero-order valence-electron chi connectivity index (χ0n) is 35.0. The largest absolute Gasteiger partial charge is 0.370 e. The van der Waals surface area contributed by atoms with E-state index in [9.17, 15) is 38.4 Å². The molecule has 0 unspecified atom stereocenters. The Balaban J connectivity index is 1.58. The predicted octanol–water partition coefficient (Wildman–Crippen LogP) is 0.859. The van der Waals surface area contributed by atoms with Gasteiger partial charge in [-0.25, -0.2) is 0 Å². The number of hydrogen-bond donors (Lipinski definition) is 6. The van der Waals surface area contributed by atoms with Gasteiger partial charge in [-0.05, 0) is 48.6 Å². The van der Waals surface area contributed by atoms with Crippen LogP contribution in [0.5, 0.6) is 0 Å². The molecule has 0 radical (unpaired) electrons. The molecule has 0 aromatic heterocycles. The van der Waals surface area contributed by atoms with Crippen LogP contribution in [0.3, 0.4) is 0 Å². The molecule has 3 fully saturated rings. The van der Waals surface area contributed by atoms with Crippen LogP contribution in [0.15, 0.2) is 60.7 Å². The van der Waals surface area contributed by atoms with Gasteiger partial charge >= 0.3 is 0 Å². The Kier molecular flexibility index (Phi) is 15.8. The third kappa shape index (κ3) is 11.3. The number of rotatable bonds is 10. The molecule has 3 heterocycles. The van der Waals surface area contributed by atoms with Gasteiger partial charge in [0.15, 0.2) is 0 Å². The van der Waals surface area contributed by atoms with Crippen molar-refractivity contribution in [3.8, 4) is 0 Å². The minimum atomic E-state index is -1.52. The van der Waals surface area contributed by atoms with Crippen molar-refractivity contribution in [1.82, 2.24) is 36.4 Å². The summed E-state index contributed by atoms with van der Waals surface area (Å²) in [6.45, 7) is 7.69. The monoisotopic (exact) mass is 828 g/mol. The van der Waals surface area contributed by atoms with E-state index in [1.165, 1.54) is 9.80 Å². The van der Waals surface area contributed by atoms with E-state index < -0.39 is 102 Å². The van der Waals surface area contributed by atoms with Crippen molar-refractivity contribution < 1.29 is 38.4 Å². The highest BCUT2D eigenvalue weighted by atomic mass is 16.2. The molecular weight excluding hydrogens is 769 g/mol. The Morgan fingerprint density at radius 2 is 0.967 bits per heavy atom. The van der Waals surface area contributed by atoms with Crippen molar-refractivity contribution in [1.29, 1.82) is 0 Å². The van der Waals surface area contributed by atoms with Crippen molar-refractivity contribution in [3.05, 3.63) is 71.8 Å². The highest BCUT2D eigenvalue weighted by molar-refractivity contribution is 6.00. The van der Waals surface area contributed by atoms with Gasteiger partial charge in [-0.2, -0.15) is 0 Å². The Bertz CT molecular complexity index is 1880. The van der Waals surface area contributed by atoms with Gasteiger partial charge in [-0.3, -0.25) is 38.4 Å². The zero-order chi connectivity index (χ0) is 43.5. The Hall–Kier alpha value is -5.80. The summed E-state index contributed by atoms with van der Waals surface area (Å²) < 4.78 is 0. The lowest BCUT2D eigenvalue weighted by atomic mass is 9.96.